The van der Waals surface area contributed by atoms with Crippen molar-refractivity contribution in [1.29, 1.82) is 0 Å². The highest BCUT2D eigenvalue weighted by atomic mass is 79.9. The zero-order chi connectivity index (χ0) is 13.4. The molecule has 0 aliphatic heterocycles. The number of hydrogen-bond acceptors (Lipinski definition) is 2. The van der Waals surface area contributed by atoms with Gasteiger partial charge in [-0.15, -0.1) is 11.3 Å². The van der Waals surface area contributed by atoms with E-state index in [4.69, 9.17) is 34.8 Å². The summed E-state index contributed by atoms with van der Waals surface area (Å²) in [7, 11) is 0. The summed E-state index contributed by atoms with van der Waals surface area (Å²) in [6.07, 6.45) is 0. The number of hydrogen-bond donors (Lipinski definition) is 0. The first kappa shape index (κ1) is 14.3. The quantitative estimate of drug-likeness (QED) is 0.466. The van der Waals surface area contributed by atoms with Gasteiger partial charge in [-0.05, 0) is 34.1 Å². The number of ketones is 1. The SMILES string of the molecule is O=C(c1cc(Cl)sc1Cl)c1ccc(Br)c(Cl)c1F. The lowest BCUT2D eigenvalue weighted by Gasteiger charge is -2.04. The van der Waals surface area contributed by atoms with Gasteiger partial charge in [0.2, 0.25) is 0 Å². The van der Waals surface area contributed by atoms with Gasteiger partial charge >= 0.3 is 0 Å². The van der Waals surface area contributed by atoms with E-state index in [0.29, 0.717) is 8.81 Å². The van der Waals surface area contributed by atoms with Gasteiger partial charge < -0.3 is 0 Å². The van der Waals surface area contributed by atoms with Crippen LogP contribution in [-0.4, -0.2) is 5.78 Å². The van der Waals surface area contributed by atoms with Gasteiger partial charge in [0.15, 0.2) is 11.6 Å². The smallest absolute Gasteiger partial charge is 0.198 e. The van der Waals surface area contributed by atoms with Crippen molar-refractivity contribution >= 4 is 67.9 Å². The summed E-state index contributed by atoms with van der Waals surface area (Å²) in [5.74, 6) is -1.33. The minimum atomic E-state index is -0.783. The Balaban J connectivity index is 2.53. The van der Waals surface area contributed by atoms with Crippen LogP contribution in [0.3, 0.4) is 0 Å². The van der Waals surface area contributed by atoms with Crippen LogP contribution in [0.4, 0.5) is 4.39 Å². The maximum atomic E-state index is 13.9. The molecule has 0 saturated heterocycles. The molecule has 94 valence electrons. The van der Waals surface area contributed by atoms with E-state index in [1.807, 2.05) is 0 Å². The van der Waals surface area contributed by atoms with Crippen LogP contribution in [0.5, 0.6) is 0 Å². The van der Waals surface area contributed by atoms with E-state index in [1.54, 1.807) is 0 Å². The predicted molar refractivity (Wildman–Crippen MR) is 76.9 cm³/mol. The molecule has 0 amide bonds. The zero-order valence-electron chi connectivity index (χ0n) is 8.44. The summed E-state index contributed by atoms with van der Waals surface area (Å²) in [6.45, 7) is 0. The second-order valence-electron chi connectivity index (χ2n) is 3.29. The molecule has 0 fully saturated rings. The standard InChI is InChI=1S/C11H3BrCl3FOS/c12-6-2-1-4(9(16)8(6)14)10(17)5-3-7(13)18-11(5)15/h1-3H. The molecular weight excluding hydrogens is 385 g/mol. The van der Waals surface area contributed by atoms with Gasteiger partial charge in [0.05, 0.1) is 20.5 Å². The molecule has 1 nitrogen and oxygen atoms in total. The molecule has 1 heterocycles. The lowest BCUT2D eigenvalue weighted by molar-refractivity contribution is 0.103. The van der Waals surface area contributed by atoms with Gasteiger partial charge in [-0.25, -0.2) is 4.39 Å². The van der Waals surface area contributed by atoms with E-state index < -0.39 is 11.6 Å². The van der Waals surface area contributed by atoms with Crippen LogP contribution >= 0.6 is 62.1 Å². The van der Waals surface area contributed by atoms with Crippen LogP contribution in [0, 0.1) is 5.82 Å². The molecule has 7 heteroatoms. The fraction of sp³-hybridized carbons (Fsp3) is 0. The molecule has 18 heavy (non-hydrogen) atoms. The molecule has 0 radical (unpaired) electrons. The van der Waals surface area contributed by atoms with Crippen molar-refractivity contribution < 1.29 is 9.18 Å². The first-order chi connectivity index (χ1) is 8.41. The maximum Gasteiger partial charge on any atom is 0.198 e. The average molecular weight is 388 g/mol. The molecule has 0 spiro atoms. The summed E-state index contributed by atoms with van der Waals surface area (Å²) in [6, 6.07) is 4.25. The molecule has 1 aromatic carbocycles. The number of thiophene rings is 1. The fourth-order valence-electron chi connectivity index (χ4n) is 1.34. The molecule has 0 aliphatic rings. The van der Waals surface area contributed by atoms with Crippen LogP contribution < -0.4 is 0 Å². The lowest BCUT2D eigenvalue weighted by atomic mass is 10.1. The third-order valence-corrected chi connectivity index (χ3v) is 4.93. The second kappa shape index (κ2) is 5.47. The summed E-state index contributed by atoms with van der Waals surface area (Å²) in [4.78, 5) is 12.1. The molecular formula is C11H3BrCl3FOS. The van der Waals surface area contributed by atoms with Gasteiger partial charge in [0, 0.05) is 4.47 Å². The van der Waals surface area contributed by atoms with Crippen molar-refractivity contribution in [3.05, 3.63) is 53.3 Å². The Labute approximate surface area is 130 Å². The minimum Gasteiger partial charge on any atom is -0.288 e. The largest absolute Gasteiger partial charge is 0.288 e. The van der Waals surface area contributed by atoms with Crippen molar-refractivity contribution in [1.82, 2.24) is 0 Å². The van der Waals surface area contributed by atoms with Crippen LogP contribution in [-0.2, 0) is 0 Å². The first-order valence-electron chi connectivity index (χ1n) is 4.55. The Morgan fingerprint density at radius 1 is 1.22 bits per heavy atom. The van der Waals surface area contributed by atoms with E-state index in [-0.39, 0.29) is 20.5 Å². The van der Waals surface area contributed by atoms with Crippen LogP contribution in [0.15, 0.2) is 22.7 Å². The van der Waals surface area contributed by atoms with Crippen molar-refractivity contribution in [3.8, 4) is 0 Å². The van der Waals surface area contributed by atoms with E-state index in [2.05, 4.69) is 15.9 Å². The number of benzene rings is 1. The summed E-state index contributed by atoms with van der Waals surface area (Å²) in [5.41, 5.74) is 0.0310. The van der Waals surface area contributed by atoms with Crippen LogP contribution in [0.2, 0.25) is 13.7 Å². The highest BCUT2D eigenvalue weighted by molar-refractivity contribution is 9.10. The molecule has 0 aliphatic carbocycles. The molecule has 0 N–H and O–H groups in total. The average Bonchev–Trinajstić information content (AvgIpc) is 2.65. The van der Waals surface area contributed by atoms with Gasteiger partial charge in [0.1, 0.15) is 4.34 Å². The zero-order valence-corrected chi connectivity index (χ0v) is 13.1. The predicted octanol–water partition coefficient (Wildman–Crippen LogP) is 5.84. The monoisotopic (exact) mass is 386 g/mol. The highest BCUT2D eigenvalue weighted by Gasteiger charge is 2.21. The van der Waals surface area contributed by atoms with E-state index in [9.17, 15) is 9.18 Å². The normalized spacial score (nSPS) is 10.7. The Morgan fingerprint density at radius 3 is 2.44 bits per heavy atom. The molecule has 0 atom stereocenters. The molecule has 1 aromatic heterocycles. The van der Waals surface area contributed by atoms with E-state index >= 15 is 0 Å². The Bertz CT molecular complexity index is 641. The fourth-order valence-corrected chi connectivity index (χ4v) is 3.27. The first-order valence-corrected chi connectivity index (χ1v) is 7.29. The molecule has 2 aromatic rings. The van der Waals surface area contributed by atoms with Crippen molar-refractivity contribution in [2.24, 2.45) is 0 Å². The van der Waals surface area contributed by atoms with Crippen molar-refractivity contribution in [2.75, 3.05) is 0 Å². The number of rotatable bonds is 2. The van der Waals surface area contributed by atoms with E-state index in [0.717, 1.165) is 11.3 Å². The third-order valence-electron chi connectivity index (χ3n) is 2.18. The van der Waals surface area contributed by atoms with E-state index in [1.165, 1.54) is 18.2 Å². The van der Waals surface area contributed by atoms with Crippen LogP contribution in [0.1, 0.15) is 15.9 Å². The molecule has 0 unspecified atom stereocenters. The lowest BCUT2D eigenvalue weighted by Crippen LogP contribution is -2.04. The topological polar surface area (TPSA) is 17.1 Å². The van der Waals surface area contributed by atoms with Gasteiger partial charge in [-0.3, -0.25) is 4.79 Å². The third kappa shape index (κ3) is 2.58. The minimum absolute atomic E-state index is 0.139. The van der Waals surface area contributed by atoms with Gasteiger partial charge in [-0.2, -0.15) is 0 Å². The maximum absolute atomic E-state index is 13.9. The Morgan fingerprint density at radius 2 is 1.89 bits per heavy atom. The number of halogens is 5. The number of carbonyl (C=O) groups excluding carboxylic acids is 1. The van der Waals surface area contributed by atoms with Crippen LogP contribution in [0.25, 0.3) is 0 Å². The summed E-state index contributed by atoms with van der Waals surface area (Å²) >= 11 is 21.5. The highest BCUT2D eigenvalue weighted by Crippen LogP contribution is 2.34. The molecule has 0 bridgehead atoms. The Hall–Kier alpha value is -0.130. The number of carbonyl (C=O) groups is 1. The summed E-state index contributed by atoms with van der Waals surface area (Å²) < 4.78 is 14.9. The van der Waals surface area contributed by atoms with Gasteiger partial charge in [-0.1, -0.05) is 34.8 Å². The van der Waals surface area contributed by atoms with Crippen molar-refractivity contribution in [3.63, 3.8) is 0 Å². The summed E-state index contributed by atoms with van der Waals surface area (Å²) in [5, 5.41) is -0.140. The van der Waals surface area contributed by atoms with Gasteiger partial charge in [0.25, 0.3) is 0 Å². The van der Waals surface area contributed by atoms with Crippen molar-refractivity contribution in [2.45, 2.75) is 0 Å². The second-order valence-corrected chi connectivity index (χ2v) is 6.81. The molecule has 2 rings (SSSR count). The molecule has 0 saturated carbocycles. The Kier molecular flexibility index (Phi) is 4.34.